The molecule has 2 heterocycles. The Morgan fingerprint density at radius 1 is 1.27 bits per heavy atom. The van der Waals surface area contributed by atoms with Gasteiger partial charge in [-0.15, -0.1) is 11.3 Å². The van der Waals surface area contributed by atoms with Crippen LogP contribution in [0.1, 0.15) is 12.5 Å². The van der Waals surface area contributed by atoms with Gasteiger partial charge in [-0.2, -0.15) is 0 Å². The summed E-state index contributed by atoms with van der Waals surface area (Å²) in [7, 11) is 0. The van der Waals surface area contributed by atoms with E-state index in [9.17, 15) is 4.79 Å². The topological polar surface area (TPSA) is 54.9 Å². The molecule has 0 aliphatic rings. The van der Waals surface area contributed by atoms with Gasteiger partial charge in [-0.3, -0.25) is 4.79 Å². The van der Waals surface area contributed by atoms with Gasteiger partial charge in [0.05, 0.1) is 15.5 Å². The Hall–Kier alpha value is -1.92. The smallest absolute Gasteiger partial charge is 0.237 e. The van der Waals surface area contributed by atoms with Crippen LogP contribution >= 0.6 is 23.1 Å². The molecular weight excluding hydrogens is 314 g/mol. The van der Waals surface area contributed by atoms with Gasteiger partial charge >= 0.3 is 0 Å². The van der Waals surface area contributed by atoms with Crippen molar-refractivity contribution in [2.45, 2.75) is 24.1 Å². The molecule has 0 aliphatic carbocycles. The SMILES string of the molecule is Cc1ccccc1NC(=O)C(C)Sc1ncnc2ccsc12. The van der Waals surface area contributed by atoms with Gasteiger partial charge in [0.2, 0.25) is 5.91 Å². The maximum atomic E-state index is 12.4. The van der Waals surface area contributed by atoms with Crippen LogP contribution in [0.2, 0.25) is 0 Å². The van der Waals surface area contributed by atoms with E-state index in [1.807, 2.05) is 49.6 Å². The molecule has 0 saturated carbocycles. The van der Waals surface area contributed by atoms with E-state index in [0.29, 0.717) is 0 Å². The summed E-state index contributed by atoms with van der Waals surface area (Å²) in [4.78, 5) is 20.9. The molecule has 0 spiro atoms. The Kier molecular flexibility index (Phi) is 4.40. The van der Waals surface area contributed by atoms with E-state index in [1.54, 1.807) is 17.7 Å². The maximum Gasteiger partial charge on any atom is 0.237 e. The third kappa shape index (κ3) is 3.13. The highest BCUT2D eigenvalue weighted by atomic mass is 32.2. The van der Waals surface area contributed by atoms with Crippen LogP contribution in [-0.4, -0.2) is 21.1 Å². The number of hydrogen-bond acceptors (Lipinski definition) is 5. The van der Waals surface area contributed by atoms with Crippen molar-refractivity contribution < 1.29 is 4.79 Å². The molecule has 1 aromatic carbocycles. The second kappa shape index (κ2) is 6.46. The predicted molar refractivity (Wildman–Crippen MR) is 92.5 cm³/mol. The lowest BCUT2D eigenvalue weighted by molar-refractivity contribution is -0.115. The number of fused-ring (bicyclic) bond motifs is 1. The zero-order valence-electron chi connectivity index (χ0n) is 12.2. The molecule has 3 aromatic rings. The summed E-state index contributed by atoms with van der Waals surface area (Å²) in [5.74, 6) is -0.0254. The number of amides is 1. The highest BCUT2D eigenvalue weighted by Gasteiger charge is 2.18. The predicted octanol–water partition coefficient (Wildman–Crippen LogP) is 4.12. The lowest BCUT2D eigenvalue weighted by atomic mass is 10.2. The number of para-hydroxylation sites is 1. The van der Waals surface area contributed by atoms with Gasteiger partial charge in [0.25, 0.3) is 0 Å². The Morgan fingerprint density at radius 3 is 2.91 bits per heavy atom. The van der Waals surface area contributed by atoms with E-state index >= 15 is 0 Å². The minimum absolute atomic E-state index is 0.0254. The van der Waals surface area contributed by atoms with Crippen LogP contribution in [0.4, 0.5) is 5.69 Å². The van der Waals surface area contributed by atoms with Gasteiger partial charge in [0.15, 0.2) is 0 Å². The van der Waals surface area contributed by atoms with Crippen molar-refractivity contribution in [3.8, 4) is 0 Å². The van der Waals surface area contributed by atoms with Gasteiger partial charge in [0, 0.05) is 5.69 Å². The highest BCUT2D eigenvalue weighted by Crippen LogP contribution is 2.31. The van der Waals surface area contributed by atoms with Gasteiger partial charge in [-0.25, -0.2) is 9.97 Å². The fourth-order valence-corrected chi connectivity index (χ4v) is 3.86. The Bertz CT molecular complexity index is 816. The largest absolute Gasteiger partial charge is 0.325 e. The molecule has 0 saturated heterocycles. The Morgan fingerprint density at radius 2 is 2.09 bits per heavy atom. The number of aromatic nitrogens is 2. The number of thioether (sulfide) groups is 1. The third-order valence-corrected chi connectivity index (χ3v) is 5.41. The first-order chi connectivity index (χ1) is 10.6. The van der Waals surface area contributed by atoms with Crippen molar-refractivity contribution in [3.05, 3.63) is 47.6 Å². The summed E-state index contributed by atoms with van der Waals surface area (Å²) < 4.78 is 1.03. The quantitative estimate of drug-likeness (QED) is 0.578. The molecule has 1 amide bonds. The van der Waals surface area contributed by atoms with Crippen molar-refractivity contribution >= 4 is 44.9 Å². The monoisotopic (exact) mass is 329 g/mol. The van der Waals surface area contributed by atoms with Crippen LogP contribution in [0.25, 0.3) is 10.2 Å². The number of benzene rings is 1. The van der Waals surface area contributed by atoms with Crippen LogP contribution in [0.15, 0.2) is 47.1 Å². The number of anilines is 1. The molecule has 0 fully saturated rings. The molecule has 1 atom stereocenters. The fourth-order valence-electron chi connectivity index (χ4n) is 2.02. The molecule has 1 N–H and O–H groups in total. The van der Waals surface area contributed by atoms with Crippen LogP contribution in [0, 0.1) is 6.92 Å². The van der Waals surface area contributed by atoms with Crippen LogP contribution in [0.5, 0.6) is 0 Å². The van der Waals surface area contributed by atoms with Crippen molar-refractivity contribution in [1.82, 2.24) is 9.97 Å². The van der Waals surface area contributed by atoms with Crippen molar-refractivity contribution in [2.75, 3.05) is 5.32 Å². The average Bonchev–Trinajstić information content (AvgIpc) is 2.99. The summed E-state index contributed by atoms with van der Waals surface area (Å²) >= 11 is 3.05. The van der Waals surface area contributed by atoms with Crippen LogP contribution < -0.4 is 5.32 Å². The number of aryl methyl sites for hydroxylation is 1. The molecule has 6 heteroatoms. The summed E-state index contributed by atoms with van der Waals surface area (Å²) in [6.07, 6.45) is 1.54. The summed E-state index contributed by atoms with van der Waals surface area (Å²) in [6.45, 7) is 3.87. The summed E-state index contributed by atoms with van der Waals surface area (Å²) in [5, 5.41) is 5.58. The third-order valence-electron chi connectivity index (χ3n) is 3.27. The highest BCUT2D eigenvalue weighted by molar-refractivity contribution is 8.00. The molecule has 0 radical (unpaired) electrons. The molecule has 0 bridgehead atoms. The van der Waals surface area contributed by atoms with E-state index in [0.717, 1.165) is 26.5 Å². The van der Waals surface area contributed by atoms with Gasteiger partial charge in [0.1, 0.15) is 11.4 Å². The van der Waals surface area contributed by atoms with E-state index in [1.165, 1.54) is 11.8 Å². The normalized spacial score (nSPS) is 12.3. The molecule has 112 valence electrons. The lowest BCUT2D eigenvalue weighted by Gasteiger charge is -2.13. The number of carbonyl (C=O) groups excluding carboxylic acids is 1. The van der Waals surface area contributed by atoms with Gasteiger partial charge in [-0.05, 0) is 36.9 Å². The molecular formula is C16H15N3OS2. The second-order valence-electron chi connectivity index (χ2n) is 4.88. The number of thiophene rings is 1. The standard InChI is InChI=1S/C16H15N3OS2/c1-10-5-3-4-6-12(10)19-15(20)11(2)22-16-14-13(7-8-21-14)17-9-18-16/h3-9,11H,1-2H3,(H,19,20). The zero-order chi connectivity index (χ0) is 15.5. The molecule has 22 heavy (non-hydrogen) atoms. The second-order valence-corrected chi connectivity index (χ2v) is 7.12. The lowest BCUT2D eigenvalue weighted by Crippen LogP contribution is -2.22. The first kappa shape index (κ1) is 15.0. The number of nitrogens with one attached hydrogen (secondary N) is 1. The van der Waals surface area contributed by atoms with Crippen molar-refractivity contribution in [2.24, 2.45) is 0 Å². The van der Waals surface area contributed by atoms with Gasteiger partial charge in [-0.1, -0.05) is 30.0 Å². The maximum absolute atomic E-state index is 12.4. The molecule has 2 aromatic heterocycles. The first-order valence-corrected chi connectivity index (χ1v) is 8.62. The van der Waals surface area contributed by atoms with Gasteiger partial charge < -0.3 is 5.32 Å². The van der Waals surface area contributed by atoms with Crippen molar-refractivity contribution in [3.63, 3.8) is 0 Å². The Balaban J connectivity index is 1.74. The number of rotatable bonds is 4. The molecule has 4 nitrogen and oxygen atoms in total. The van der Waals surface area contributed by atoms with E-state index in [2.05, 4.69) is 15.3 Å². The Labute approximate surface area is 137 Å². The zero-order valence-corrected chi connectivity index (χ0v) is 13.9. The molecule has 1 unspecified atom stereocenters. The number of carbonyl (C=O) groups is 1. The minimum atomic E-state index is -0.236. The molecule has 3 rings (SSSR count). The number of nitrogens with zero attached hydrogens (tertiary/aromatic N) is 2. The molecule has 0 aliphatic heterocycles. The van der Waals surface area contributed by atoms with Crippen molar-refractivity contribution in [1.29, 1.82) is 0 Å². The van der Waals surface area contributed by atoms with E-state index < -0.39 is 0 Å². The van der Waals surface area contributed by atoms with E-state index in [4.69, 9.17) is 0 Å². The summed E-state index contributed by atoms with van der Waals surface area (Å²) in [5.41, 5.74) is 2.83. The summed E-state index contributed by atoms with van der Waals surface area (Å²) in [6, 6.07) is 9.72. The van der Waals surface area contributed by atoms with Crippen LogP contribution in [-0.2, 0) is 4.79 Å². The van der Waals surface area contributed by atoms with E-state index in [-0.39, 0.29) is 11.2 Å². The average molecular weight is 329 g/mol. The van der Waals surface area contributed by atoms with Crippen LogP contribution in [0.3, 0.4) is 0 Å². The number of hydrogen-bond donors (Lipinski definition) is 1. The first-order valence-electron chi connectivity index (χ1n) is 6.86. The fraction of sp³-hybridized carbons (Fsp3) is 0.188. The minimum Gasteiger partial charge on any atom is -0.325 e.